The highest BCUT2D eigenvalue weighted by molar-refractivity contribution is 6.30. The van der Waals surface area contributed by atoms with Gasteiger partial charge in [0.2, 0.25) is 5.82 Å². The summed E-state index contributed by atoms with van der Waals surface area (Å²) in [5, 5.41) is 26.1. The third kappa shape index (κ3) is 4.34. The number of allylic oxidation sites excluding steroid dienone is 1. The first-order valence-electron chi connectivity index (χ1n) is 7.33. The zero-order valence-electron chi connectivity index (χ0n) is 13.0. The molecule has 0 saturated heterocycles. The van der Waals surface area contributed by atoms with Crippen molar-refractivity contribution in [1.82, 2.24) is 20.6 Å². The Morgan fingerprint density at radius 3 is 2.84 bits per heavy atom. The summed E-state index contributed by atoms with van der Waals surface area (Å²) in [6, 6.07) is 17.0. The Hall–Kier alpha value is -3.37. The van der Waals surface area contributed by atoms with E-state index in [0.717, 1.165) is 5.56 Å². The maximum Gasteiger partial charge on any atom is 0.216 e. The summed E-state index contributed by atoms with van der Waals surface area (Å²) in [4.78, 5) is 0. The number of benzene rings is 2. The zero-order chi connectivity index (χ0) is 17.5. The van der Waals surface area contributed by atoms with Gasteiger partial charge in [0.1, 0.15) is 24.0 Å². The number of hydrogen-bond donors (Lipinski definition) is 2. The molecule has 0 spiro atoms. The lowest BCUT2D eigenvalue weighted by atomic mass is 10.2. The van der Waals surface area contributed by atoms with Crippen LogP contribution in [0.4, 0.5) is 5.69 Å². The summed E-state index contributed by atoms with van der Waals surface area (Å²) in [5.41, 5.74) is 1.89. The molecule has 0 aliphatic carbocycles. The van der Waals surface area contributed by atoms with Gasteiger partial charge < -0.3 is 10.1 Å². The van der Waals surface area contributed by atoms with Crippen molar-refractivity contribution in [2.45, 2.75) is 6.61 Å². The van der Waals surface area contributed by atoms with E-state index in [9.17, 15) is 5.26 Å². The van der Waals surface area contributed by atoms with Gasteiger partial charge in [0.25, 0.3) is 0 Å². The van der Waals surface area contributed by atoms with Crippen LogP contribution in [0.2, 0.25) is 5.02 Å². The summed E-state index contributed by atoms with van der Waals surface area (Å²) in [7, 11) is 0. The van der Waals surface area contributed by atoms with Crippen molar-refractivity contribution >= 4 is 22.9 Å². The maximum absolute atomic E-state index is 9.21. The quantitative estimate of drug-likeness (QED) is 0.659. The molecule has 25 heavy (non-hydrogen) atoms. The van der Waals surface area contributed by atoms with E-state index in [1.807, 2.05) is 36.4 Å². The Labute approximate surface area is 148 Å². The molecule has 0 fully saturated rings. The van der Waals surface area contributed by atoms with Gasteiger partial charge in [0, 0.05) is 11.2 Å². The van der Waals surface area contributed by atoms with Crippen LogP contribution in [-0.4, -0.2) is 20.6 Å². The molecule has 3 rings (SSSR count). The number of nitriles is 1. The van der Waals surface area contributed by atoms with Gasteiger partial charge in [-0.3, -0.25) is 0 Å². The molecule has 7 nitrogen and oxygen atoms in total. The normalized spacial score (nSPS) is 11.0. The maximum atomic E-state index is 9.21. The van der Waals surface area contributed by atoms with Crippen molar-refractivity contribution in [3.05, 3.63) is 71.1 Å². The van der Waals surface area contributed by atoms with Crippen molar-refractivity contribution < 1.29 is 4.74 Å². The standard InChI is InChI=1S/C17H13ClN6O/c18-14-6-7-16(25-11-12-4-2-1-3-5-12)15(8-14)20-10-13(9-19)17-21-23-24-22-17/h1-8,10,20H,11H2,(H,21,22,23,24). The van der Waals surface area contributed by atoms with Gasteiger partial charge in [-0.25, -0.2) is 0 Å². The second-order valence-electron chi connectivity index (χ2n) is 4.96. The van der Waals surface area contributed by atoms with E-state index < -0.39 is 0 Å². The lowest BCUT2D eigenvalue weighted by molar-refractivity contribution is 0.308. The van der Waals surface area contributed by atoms with Gasteiger partial charge >= 0.3 is 0 Å². The molecule has 0 radical (unpaired) electrons. The van der Waals surface area contributed by atoms with E-state index in [1.54, 1.807) is 18.2 Å². The lowest BCUT2D eigenvalue weighted by Gasteiger charge is -2.12. The number of tetrazole rings is 1. The number of aromatic amines is 1. The van der Waals surface area contributed by atoms with Gasteiger partial charge in [0.15, 0.2) is 0 Å². The van der Waals surface area contributed by atoms with Crippen LogP contribution in [0, 0.1) is 11.3 Å². The molecule has 0 aliphatic heterocycles. The first-order chi connectivity index (χ1) is 12.3. The number of hydrogen-bond acceptors (Lipinski definition) is 6. The number of aromatic nitrogens is 4. The SMILES string of the molecule is N#CC(=CNc1cc(Cl)ccc1OCc1ccccc1)c1nn[nH]n1. The first kappa shape index (κ1) is 16.5. The van der Waals surface area contributed by atoms with Crippen LogP contribution in [0.1, 0.15) is 11.4 Å². The number of rotatable bonds is 6. The Bertz CT molecular complexity index is 903. The van der Waals surface area contributed by atoms with Crippen LogP contribution in [-0.2, 0) is 6.61 Å². The molecule has 0 amide bonds. The van der Waals surface area contributed by atoms with Gasteiger partial charge in [0.05, 0.1) is 5.69 Å². The summed E-state index contributed by atoms with van der Waals surface area (Å²) in [6.45, 7) is 0.414. The Morgan fingerprint density at radius 1 is 1.28 bits per heavy atom. The van der Waals surface area contributed by atoms with Gasteiger partial charge in [-0.15, -0.1) is 10.2 Å². The van der Waals surface area contributed by atoms with Crippen molar-refractivity contribution in [2.24, 2.45) is 0 Å². The fraction of sp³-hybridized carbons (Fsp3) is 0.0588. The minimum absolute atomic E-state index is 0.198. The minimum Gasteiger partial charge on any atom is -0.487 e. The fourth-order valence-corrected chi connectivity index (χ4v) is 2.22. The zero-order valence-corrected chi connectivity index (χ0v) is 13.7. The average Bonchev–Trinajstić information content (AvgIpc) is 3.17. The third-order valence-corrected chi connectivity index (χ3v) is 3.49. The van der Waals surface area contributed by atoms with E-state index in [-0.39, 0.29) is 11.4 Å². The lowest BCUT2D eigenvalue weighted by Crippen LogP contribution is -1.99. The number of H-pyrrole nitrogens is 1. The molecule has 0 bridgehead atoms. The highest BCUT2D eigenvalue weighted by Crippen LogP contribution is 2.29. The van der Waals surface area contributed by atoms with Crippen molar-refractivity contribution in [3.63, 3.8) is 0 Å². The Balaban J connectivity index is 1.78. The highest BCUT2D eigenvalue weighted by atomic mass is 35.5. The number of halogens is 1. The molecular formula is C17H13ClN6O. The summed E-state index contributed by atoms with van der Waals surface area (Å²) >= 11 is 6.06. The number of nitrogens with zero attached hydrogens (tertiary/aromatic N) is 4. The molecule has 8 heteroatoms. The molecule has 0 unspecified atom stereocenters. The molecule has 1 heterocycles. The molecule has 2 N–H and O–H groups in total. The van der Waals surface area contributed by atoms with Crippen LogP contribution in [0.15, 0.2) is 54.7 Å². The predicted octanol–water partition coefficient (Wildman–Crippen LogP) is 3.41. The molecular weight excluding hydrogens is 340 g/mol. The third-order valence-electron chi connectivity index (χ3n) is 3.26. The van der Waals surface area contributed by atoms with E-state index in [2.05, 4.69) is 25.9 Å². The van der Waals surface area contributed by atoms with Crippen molar-refractivity contribution in [1.29, 1.82) is 5.26 Å². The Morgan fingerprint density at radius 2 is 2.12 bits per heavy atom. The second kappa shape index (κ2) is 7.95. The van der Waals surface area contributed by atoms with E-state index in [1.165, 1.54) is 6.20 Å². The smallest absolute Gasteiger partial charge is 0.216 e. The summed E-state index contributed by atoms with van der Waals surface area (Å²) < 4.78 is 5.85. The minimum atomic E-state index is 0.198. The average molecular weight is 353 g/mol. The van der Waals surface area contributed by atoms with Crippen LogP contribution >= 0.6 is 11.6 Å². The topological polar surface area (TPSA) is 99.5 Å². The van der Waals surface area contributed by atoms with E-state index in [4.69, 9.17) is 16.3 Å². The van der Waals surface area contributed by atoms with E-state index in [0.29, 0.717) is 23.1 Å². The van der Waals surface area contributed by atoms with Crippen LogP contribution in [0.25, 0.3) is 5.57 Å². The second-order valence-corrected chi connectivity index (χ2v) is 5.40. The molecule has 2 aromatic carbocycles. The first-order valence-corrected chi connectivity index (χ1v) is 7.71. The molecule has 3 aromatic rings. The molecule has 1 aromatic heterocycles. The number of anilines is 1. The summed E-state index contributed by atoms with van der Waals surface area (Å²) in [5.74, 6) is 0.804. The fourth-order valence-electron chi connectivity index (χ4n) is 2.05. The van der Waals surface area contributed by atoms with Crippen LogP contribution < -0.4 is 10.1 Å². The molecule has 0 saturated carbocycles. The molecule has 124 valence electrons. The Kier molecular flexibility index (Phi) is 5.24. The van der Waals surface area contributed by atoms with Crippen molar-refractivity contribution in [2.75, 3.05) is 5.32 Å². The predicted molar refractivity (Wildman–Crippen MR) is 93.6 cm³/mol. The van der Waals surface area contributed by atoms with Gasteiger partial charge in [-0.1, -0.05) is 41.9 Å². The monoisotopic (exact) mass is 352 g/mol. The number of ether oxygens (including phenoxy) is 1. The molecule has 0 aliphatic rings. The van der Waals surface area contributed by atoms with Crippen LogP contribution in [0.3, 0.4) is 0 Å². The van der Waals surface area contributed by atoms with Gasteiger partial charge in [-0.05, 0) is 29.0 Å². The van der Waals surface area contributed by atoms with Gasteiger partial charge in [-0.2, -0.15) is 10.5 Å². The van der Waals surface area contributed by atoms with E-state index >= 15 is 0 Å². The largest absolute Gasteiger partial charge is 0.487 e. The van der Waals surface area contributed by atoms with Crippen molar-refractivity contribution in [3.8, 4) is 11.8 Å². The highest BCUT2D eigenvalue weighted by Gasteiger charge is 2.08. The molecule has 0 atom stereocenters. The summed E-state index contributed by atoms with van der Waals surface area (Å²) in [6.07, 6.45) is 1.48. The number of nitrogens with one attached hydrogen (secondary N) is 2. The van der Waals surface area contributed by atoms with Crippen LogP contribution in [0.5, 0.6) is 5.75 Å².